The van der Waals surface area contributed by atoms with Crippen molar-refractivity contribution in [1.82, 2.24) is 14.7 Å². The molecule has 2 aromatic carbocycles. The van der Waals surface area contributed by atoms with Crippen molar-refractivity contribution in [3.63, 3.8) is 0 Å². The minimum Gasteiger partial charge on any atom is -0.494 e. The predicted octanol–water partition coefficient (Wildman–Crippen LogP) is 3.61. The molecular formula is C23H25ClN4O2. The van der Waals surface area contributed by atoms with Crippen LogP contribution in [-0.2, 0) is 6.54 Å². The number of aromatic nitrogens is 2. The van der Waals surface area contributed by atoms with Gasteiger partial charge in [0.25, 0.3) is 5.56 Å². The van der Waals surface area contributed by atoms with Gasteiger partial charge < -0.3 is 9.64 Å². The first-order valence-electron chi connectivity index (χ1n) is 10.2. The number of anilines is 1. The predicted molar refractivity (Wildman–Crippen MR) is 120 cm³/mol. The average Bonchev–Trinajstić information content (AvgIpc) is 2.78. The first-order valence-corrected chi connectivity index (χ1v) is 10.6. The fourth-order valence-electron chi connectivity index (χ4n) is 3.72. The number of nitrogens with zero attached hydrogens (tertiary/aromatic N) is 4. The number of para-hydroxylation sites is 2. The Kier molecular flexibility index (Phi) is 6.35. The zero-order valence-corrected chi connectivity index (χ0v) is 17.8. The topological polar surface area (TPSA) is 50.6 Å². The summed E-state index contributed by atoms with van der Waals surface area (Å²) in [5.74, 6) is 0.944. The van der Waals surface area contributed by atoms with Gasteiger partial charge in [-0.1, -0.05) is 48.0 Å². The summed E-state index contributed by atoms with van der Waals surface area (Å²) in [6.07, 6.45) is 1.69. The highest BCUT2D eigenvalue weighted by atomic mass is 35.5. The Balaban J connectivity index is 1.45. The van der Waals surface area contributed by atoms with Gasteiger partial charge in [-0.2, -0.15) is 9.78 Å². The van der Waals surface area contributed by atoms with Crippen molar-refractivity contribution in [1.29, 1.82) is 0 Å². The molecule has 0 saturated carbocycles. The Hall–Kier alpha value is -2.83. The van der Waals surface area contributed by atoms with Crippen LogP contribution in [-0.4, -0.2) is 47.5 Å². The van der Waals surface area contributed by atoms with Crippen LogP contribution in [0.2, 0.25) is 5.02 Å². The van der Waals surface area contributed by atoms with Crippen LogP contribution in [0.15, 0.2) is 65.6 Å². The second kappa shape index (κ2) is 9.32. The molecule has 1 fully saturated rings. The molecule has 1 saturated heterocycles. The molecule has 0 N–H and O–H groups in total. The highest BCUT2D eigenvalue weighted by Crippen LogP contribution is 2.25. The third-order valence-corrected chi connectivity index (χ3v) is 5.64. The maximum Gasteiger partial charge on any atom is 0.292 e. The van der Waals surface area contributed by atoms with Gasteiger partial charge in [0.2, 0.25) is 0 Å². The van der Waals surface area contributed by atoms with Crippen molar-refractivity contribution >= 4 is 17.3 Å². The summed E-state index contributed by atoms with van der Waals surface area (Å²) in [5.41, 5.74) is 2.29. The highest BCUT2D eigenvalue weighted by molar-refractivity contribution is 6.33. The van der Waals surface area contributed by atoms with E-state index in [1.165, 1.54) is 10.2 Å². The number of benzene rings is 2. The van der Waals surface area contributed by atoms with Crippen LogP contribution in [0.4, 0.5) is 5.69 Å². The fraction of sp³-hybridized carbons (Fsp3) is 0.304. The van der Waals surface area contributed by atoms with E-state index in [-0.39, 0.29) is 10.6 Å². The molecule has 7 heteroatoms. The van der Waals surface area contributed by atoms with Gasteiger partial charge in [0, 0.05) is 38.3 Å². The van der Waals surface area contributed by atoms with E-state index in [1.807, 2.05) is 55.5 Å². The first kappa shape index (κ1) is 20.4. The second-order valence-electron chi connectivity index (χ2n) is 7.20. The summed E-state index contributed by atoms with van der Waals surface area (Å²) < 4.78 is 7.09. The molecule has 1 aliphatic heterocycles. The molecule has 0 unspecified atom stereocenters. The van der Waals surface area contributed by atoms with Crippen LogP contribution in [0.25, 0.3) is 5.69 Å². The molecule has 0 bridgehead atoms. The molecule has 0 aliphatic carbocycles. The van der Waals surface area contributed by atoms with Gasteiger partial charge in [-0.15, -0.1) is 0 Å². The molecule has 1 aliphatic rings. The van der Waals surface area contributed by atoms with E-state index in [9.17, 15) is 4.79 Å². The third kappa shape index (κ3) is 4.35. The first-order chi connectivity index (χ1) is 14.7. The minimum atomic E-state index is -0.298. The summed E-state index contributed by atoms with van der Waals surface area (Å²) in [7, 11) is 0. The molecule has 0 spiro atoms. The van der Waals surface area contributed by atoms with Gasteiger partial charge in [0.1, 0.15) is 10.8 Å². The summed E-state index contributed by atoms with van der Waals surface area (Å²) >= 11 is 6.46. The summed E-state index contributed by atoms with van der Waals surface area (Å²) in [5, 5.41) is 4.56. The van der Waals surface area contributed by atoms with Crippen LogP contribution in [0, 0.1) is 0 Å². The molecule has 156 valence electrons. The average molecular weight is 425 g/mol. The number of hydrogen-bond acceptors (Lipinski definition) is 5. The Morgan fingerprint density at radius 2 is 1.70 bits per heavy atom. The normalized spacial score (nSPS) is 14.7. The largest absolute Gasteiger partial charge is 0.494 e. The van der Waals surface area contributed by atoms with Crippen LogP contribution in [0.5, 0.6) is 5.75 Å². The van der Waals surface area contributed by atoms with Gasteiger partial charge in [-0.25, -0.2) is 0 Å². The van der Waals surface area contributed by atoms with E-state index in [1.54, 1.807) is 6.20 Å². The Morgan fingerprint density at radius 1 is 1.00 bits per heavy atom. The molecule has 6 nitrogen and oxygen atoms in total. The molecule has 4 rings (SSSR count). The maximum atomic E-state index is 12.8. The Morgan fingerprint density at radius 3 is 2.43 bits per heavy atom. The number of ether oxygens (including phenoxy) is 1. The highest BCUT2D eigenvalue weighted by Gasteiger charge is 2.22. The molecule has 3 aromatic rings. The fourth-order valence-corrected chi connectivity index (χ4v) is 3.96. The van der Waals surface area contributed by atoms with Crippen LogP contribution >= 0.6 is 11.6 Å². The van der Waals surface area contributed by atoms with Gasteiger partial charge in [0.15, 0.2) is 0 Å². The van der Waals surface area contributed by atoms with Crippen molar-refractivity contribution in [2.45, 2.75) is 13.5 Å². The maximum absolute atomic E-state index is 12.8. The van der Waals surface area contributed by atoms with E-state index in [2.05, 4.69) is 21.0 Å². The zero-order chi connectivity index (χ0) is 20.9. The second-order valence-corrected chi connectivity index (χ2v) is 7.58. The van der Waals surface area contributed by atoms with Crippen molar-refractivity contribution in [2.24, 2.45) is 0 Å². The Bertz CT molecular complexity index is 1050. The van der Waals surface area contributed by atoms with E-state index >= 15 is 0 Å². The standard InChI is InChI=1S/C23H25ClN4O2/c1-2-30-21-11-7-6-8-18(21)17-26-12-14-27(15-13-26)20-16-25-28(23(29)22(20)24)19-9-4-3-5-10-19/h3-11,16H,2,12-15,17H2,1H3. The monoisotopic (exact) mass is 424 g/mol. The van der Waals surface area contributed by atoms with E-state index in [0.29, 0.717) is 18.0 Å². The van der Waals surface area contributed by atoms with Crippen molar-refractivity contribution in [3.8, 4) is 11.4 Å². The molecule has 0 amide bonds. The quantitative estimate of drug-likeness (QED) is 0.605. The lowest BCUT2D eigenvalue weighted by Crippen LogP contribution is -2.46. The molecular weight excluding hydrogens is 400 g/mol. The molecule has 0 radical (unpaired) electrons. The van der Waals surface area contributed by atoms with E-state index in [0.717, 1.165) is 38.5 Å². The van der Waals surface area contributed by atoms with Gasteiger partial charge in [-0.3, -0.25) is 9.69 Å². The molecule has 0 atom stereocenters. The lowest BCUT2D eigenvalue weighted by Gasteiger charge is -2.36. The number of halogens is 1. The van der Waals surface area contributed by atoms with Crippen molar-refractivity contribution < 1.29 is 4.74 Å². The summed E-state index contributed by atoms with van der Waals surface area (Å²) in [6, 6.07) is 17.5. The van der Waals surface area contributed by atoms with Crippen molar-refractivity contribution in [3.05, 3.63) is 81.7 Å². The third-order valence-electron chi connectivity index (χ3n) is 5.28. The van der Waals surface area contributed by atoms with Crippen LogP contribution in [0.3, 0.4) is 0 Å². The van der Waals surface area contributed by atoms with Gasteiger partial charge in [-0.05, 0) is 25.1 Å². The Labute approximate surface area is 181 Å². The lowest BCUT2D eigenvalue weighted by atomic mass is 10.1. The van der Waals surface area contributed by atoms with E-state index < -0.39 is 0 Å². The molecule has 30 heavy (non-hydrogen) atoms. The van der Waals surface area contributed by atoms with Gasteiger partial charge >= 0.3 is 0 Å². The number of rotatable bonds is 6. The summed E-state index contributed by atoms with van der Waals surface area (Å²) in [6.45, 7) is 6.81. The number of piperazine rings is 1. The van der Waals surface area contributed by atoms with Crippen LogP contribution < -0.4 is 15.2 Å². The summed E-state index contributed by atoms with van der Waals surface area (Å²) in [4.78, 5) is 17.3. The van der Waals surface area contributed by atoms with Gasteiger partial charge in [0.05, 0.1) is 24.2 Å². The smallest absolute Gasteiger partial charge is 0.292 e. The van der Waals surface area contributed by atoms with Crippen molar-refractivity contribution in [2.75, 3.05) is 37.7 Å². The molecule has 1 aromatic heterocycles. The minimum absolute atomic E-state index is 0.212. The molecule has 2 heterocycles. The zero-order valence-electron chi connectivity index (χ0n) is 17.0. The SMILES string of the molecule is CCOc1ccccc1CN1CCN(c2cnn(-c3ccccc3)c(=O)c2Cl)CC1. The lowest BCUT2D eigenvalue weighted by molar-refractivity contribution is 0.243. The van der Waals surface area contributed by atoms with E-state index in [4.69, 9.17) is 16.3 Å². The van der Waals surface area contributed by atoms with Crippen LogP contribution in [0.1, 0.15) is 12.5 Å². The number of hydrogen-bond donors (Lipinski definition) is 0.